The van der Waals surface area contributed by atoms with E-state index in [9.17, 15) is 4.79 Å². The van der Waals surface area contributed by atoms with Gasteiger partial charge in [0, 0.05) is 17.1 Å². The van der Waals surface area contributed by atoms with Gasteiger partial charge in [-0.15, -0.1) is 12.4 Å². The molecular weight excluding hydrogens is 331 g/mol. The molecular formula is C18H22Cl2N2O. The summed E-state index contributed by atoms with van der Waals surface area (Å²) in [6.07, 6.45) is 0. The molecule has 3 N–H and O–H groups in total. The second kappa shape index (κ2) is 8.92. The molecule has 2 aromatic rings. The number of halogens is 2. The predicted octanol–water partition coefficient (Wildman–Crippen LogP) is 4.35. The van der Waals surface area contributed by atoms with Crippen molar-refractivity contribution < 1.29 is 4.79 Å². The molecule has 2 rings (SSSR count). The molecule has 1 amide bonds. The number of carbonyl (C=O) groups excluding carboxylic acids is 1. The van der Waals surface area contributed by atoms with Gasteiger partial charge >= 0.3 is 0 Å². The van der Waals surface area contributed by atoms with E-state index >= 15 is 0 Å². The van der Waals surface area contributed by atoms with E-state index in [4.69, 9.17) is 17.3 Å². The molecule has 1 unspecified atom stereocenters. The van der Waals surface area contributed by atoms with Gasteiger partial charge in [0.15, 0.2) is 0 Å². The zero-order valence-corrected chi connectivity index (χ0v) is 14.8. The van der Waals surface area contributed by atoms with Crippen LogP contribution < -0.4 is 11.1 Å². The van der Waals surface area contributed by atoms with E-state index in [1.807, 2.05) is 36.4 Å². The van der Waals surface area contributed by atoms with Crippen molar-refractivity contribution >= 4 is 29.9 Å². The topological polar surface area (TPSA) is 55.1 Å². The van der Waals surface area contributed by atoms with Gasteiger partial charge in [0.2, 0.25) is 0 Å². The molecule has 0 heterocycles. The lowest BCUT2D eigenvalue weighted by atomic mass is 9.95. The quantitative estimate of drug-likeness (QED) is 0.840. The van der Waals surface area contributed by atoms with Crippen molar-refractivity contribution in [1.29, 1.82) is 0 Å². The normalized spacial score (nSPS) is 11.7. The number of nitrogens with two attached hydrogens (primary N) is 1. The number of amides is 1. The van der Waals surface area contributed by atoms with Crippen molar-refractivity contribution in [3.8, 4) is 0 Å². The molecule has 0 fully saturated rings. The summed E-state index contributed by atoms with van der Waals surface area (Å²) in [5, 5.41) is 3.78. The van der Waals surface area contributed by atoms with Gasteiger partial charge in [0.25, 0.3) is 5.91 Å². The maximum atomic E-state index is 12.4. The molecule has 0 saturated heterocycles. The highest BCUT2D eigenvalue weighted by molar-refractivity contribution is 6.30. The SMILES string of the molecule is CC(C)C(NC(=O)c1ccc(CN)cc1)c1ccc(Cl)cc1.Cl. The van der Waals surface area contributed by atoms with Crippen LogP contribution in [0.4, 0.5) is 0 Å². The molecule has 0 spiro atoms. The number of carbonyl (C=O) groups is 1. The molecule has 2 aromatic carbocycles. The zero-order valence-electron chi connectivity index (χ0n) is 13.3. The molecule has 0 radical (unpaired) electrons. The smallest absolute Gasteiger partial charge is 0.251 e. The summed E-state index contributed by atoms with van der Waals surface area (Å²) in [5.41, 5.74) is 8.27. The van der Waals surface area contributed by atoms with Gasteiger partial charge in [-0.25, -0.2) is 0 Å². The molecule has 0 aliphatic rings. The Balaban J connectivity index is 0.00000264. The fourth-order valence-electron chi connectivity index (χ4n) is 2.32. The number of hydrogen-bond acceptors (Lipinski definition) is 2. The van der Waals surface area contributed by atoms with E-state index in [2.05, 4.69) is 19.2 Å². The highest BCUT2D eigenvalue weighted by atomic mass is 35.5. The molecule has 3 nitrogen and oxygen atoms in total. The van der Waals surface area contributed by atoms with Crippen molar-refractivity contribution in [1.82, 2.24) is 5.32 Å². The molecule has 0 aliphatic carbocycles. The molecule has 0 bridgehead atoms. The minimum Gasteiger partial charge on any atom is -0.345 e. The van der Waals surface area contributed by atoms with Crippen molar-refractivity contribution in [3.05, 3.63) is 70.2 Å². The van der Waals surface area contributed by atoms with Crippen LogP contribution in [0.25, 0.3) is 0 Å². The van der Waals surface area contributed by atoms with Crippen LogP contribution in [0.2, 0.25) is 5.02 Å². The largest absolute Gasteiger partial charge is 0.345 e. The molecule has 0 saturated carbocycles. The summed E-state index contributed by atoms with van der Waals surface area (Å²) in [5.74, 6) is 0.186. The van der Waals surface area contributed by atoms with Gasteiger partial charge in [0.05, 0.1) is 6.04 Å². The second-order valence-electron chi connectivity index (χ2n) is 5.65. The molecule has 0 aliphatic heterocycles. The summed E-state index contributed by atoms with van der Waals surface area (Å²) >= 11 is 5.93. The van der Waals surface area contributed by atoms with E-state index in [1.54, 1.807) is 12.1 Å². The summed E-state index contributed by atoms with van der Waals surface area (Å²) in [4.78, 5) is 12.4. The molecule has 23 heavy (non-hydrogen) atoms. The monoisotopic (exact) mass is 352 g/mol. The van der Waals surface area contributed by atoms with Gasteiger partial charge in [-0.1, -0.05) is 49.7 Å². The Hall–Kier alpha value is -1.55. The van der Waals surface area contributed by atoms with Gasteiger partial charge < -0.3 is 11.1 Å². The molecule has 5 heteroatoms. The van der Waals surface area contributed by atoms with E-state index < -0.39 is 0 Å². The van der Waals surface area contributed by atoms with Gasteiger partial charge in [-0.3, -0.25) is 4.79 Å². The van der Waals surface area contributed by atoms with Crippen LogP contribution >= 0.6 is 24.0 Å². The molecule has 1 atom stereocenters. The van der Waals surface area contributed by atoms with Crippen LogP contribution in [0.5, 0.6) is 0 Å². The van der Waals surface area contributed by atoms with E-state index in [-0.39, 0.29) is 30.3 Å². The predicted molar refractivity (Wildman–Crippen MR) is 98.1 cm³/mol. The van der Waals surface area contributed by atoms with Crippen molar-refractivity contribution in [2.75, 3.05) is 0 Å². The Kier molecular flexibility index (Phi) is 7.56. The Morgan fingerprint density at radius 3 is 2.13 bits per heavy atom. The molecule has 124 valence electrons. The summed E-state index contributed by atoms with van der Waals surface area (Å²) < 4.78 is 0. The first-order valence-corrected chi connectivity index (χ1v) is 7.74. The third-order valence-electron chi connectivity index (χ3n) is 3.63. The van der Waals surface area contributed by atoms with Crippen molar-refractivity contribution in [2.45, 2.75) is 26.4 Å². The number of nitrogens with one attached hydrogen (secondary N) is 1. The third-order valence-corrected chi connectivity index (χ3v) is 3.89. The number of benzene rings is 2. The Morgan fingerprint density at radius 1 is 1.09 bits per heavy atom. The molecule has 0 aromatic heterocycles. The van der Waals surface area contributed by atoms with Gasteiger partial charge in [-0.2, -0.15) is 0 Å². The van der Waals surface area contributed by atoms with Crippen molar-refractivity contribution in [2.24, 2.45) is 11.7 Å². The Morgan fingerprint density at radius 2 is 1.65 bits per heavy atom. The second-order valence-corrected chi connectivity index (χ2v) is 6.08. The first-order chi connectivity index (χ1) is 10.5. The first kappa shape index (κ1) is 19.5. The summed E-state index contributed by atoms with van der Waals surface area (Å²) in [6.45, 7) is 4.63. The average Bonchev–Trinajstić information content (AvgIpc) is 2.53. The maximum absolute atomic E-state index is 12.4. The minimum atomic E-state index is -0.0859. The Labute approximate surface area is 148 Å². The average molecular weight is 353 g/mol. The summed E-state index contributed by atoms with van der Waals surface area (Å²) in [6, 6.07) is 14.9. The maximum Gasteiger partial charge on any atom is 0.251 e. The third kappa shape index (κ3) is 5.24. The van der Waals surface area contributed by atoms with E-state index in [0.29, 0.717) is 17.1 Å². The van der Waals surface area contributed by atoms with Gasteiger partial charge in [0.1, 0.15) is 0 Å². The Bertz CT molecular complexity index is 624. The number of hydrogen-bond donors (Lipinski definition) is 2. The number of rotatable bonds is 5. The lowest BCUT2D eigenvalue weighted by Gasteiger charge is -2.23. The zero-order chi connectivity index (χ0) is 16.1. The van der Waals surface area contributed by atoms with Crippen LogP contribution in [-0.4, -0.2) is 5.91 Å². The van der Waals surface area contributed by atoms with Crippen LogP contribution in [0.15, 0.2) is 48.5 Å². The van der Waals surface area contributed by atoms with E-state index in [1.165, 1.54) is 0 Å². The summed E-state index contributed by atoms with van der Waals surface area (Å²) in [7, 11) is 0. The lowest BCUT2D eigenvalue weighted by Crippen LogP contribution is -2.31. The van der Waals surface area contributed by atoms with Crippen LogP contribution in [0.1, 0.15) is 41.4 Å². The minimum absolute atomic E-state index is 0. The fourth-order valence-corrected chi connectivity index (χ4v) is 2.45. The lowest BCUT2D eigenvalue weighted by molar-refractivity contribution is 0.0925. The van der Waals surface area contributed by atoms with Crippen LogP contribution in [0, 0.1) is 5.92 Å². The van der Waals surface area contributed by atoms with Crippen LogP contribution in [-0.2, 0) is 6.54 Å². The highest BCUT2D eigenvalue weighted by Crippen LogP contribution is 2.23. The van der Waals surface area contributed by atoms with Gasteiger partial charge in [-0.05, 0) is 41.3 Å². The van der Waals surface area contributed by atoms with Crippen LogP contribution in [0.3, 0.4) is 0 Å². The van der Waals surface area contributed by atoms with E-state index in [0.717, 1.165) is 11.1 Å². The fraction of sp³-hybridized carbons (Fsp3) is 0.278. The van der Waals surface area contributed by atoms with Crippen molar-refractivity contribution in [3.63, 3.8) is 0 Å². The standard InChI is InChI=1S/C18H21ClN2O.ClH/c1-12(2)17(14-7-9-16(19)10-8-14)21-18(22)15-5-3-13(11-20)4-6-15;/h3-10,12,17H,11,20H2,1-2H3,(H,21,22);1H. The highest BCUT2D eigenvalue weighted by Gasteiger charge is 2.19. The first-order valence-electron chi connectivity index (χ1n) is 7.36.